The third kappa shape index (κ3) is 1.01. The summed E-state index contributed by atoms with van der Waals surface area (Å²) < 4.78 is 12.2. The van der Waals surface area contributed by atoms with Gasteiger partial charge in [0.1, 0.15) is 6.20 Å². The molecule has 0 amide bonds. The highest BCUT2D eigenvalue weighted by atomic mass is 79.9. The Hall–Kier alpha value is -0.510. The fraction of sp³-hybridized carbons (Fsp3) is 0. The first-order valence-electron chi connectivity index (χ1n) is 1.85. The summed E-state index contributed by atoms with van der Waals surface area (Å²) in [7, 11) is 0. The molecule has 2 nitrogen and oxygen atoms in total. The standard InChI is InChI=1S/C4HBrFN2/c5-3-4(6)8-2-1-7-3/h1H. The summed E-state index contributed by atoms with van der Waals surface area (Å²) in [5, 5.41) is 0. The van der Waals surface area contributed by atoms with Crippen molar-refractivity contribution in [2.45, 2.75) is 0 Å². The third-order valence-corrected chi connectivity index (χ3v) is 1.10. The minimum Gasteiger partial charge on any atom is -0.242 e. The van der Waals surface area contributed by atoms with Crippen molar-refractivity contribution >= 4 is 15.9 Å². The average molecular weight is 176 g/mol. The largest absolute Gasteiger partial charge is 0.246 e. The molecule has 1 rings (SSSR count). The molecule has 0 aliphatic rings. The molecule has 4 heteroatoms. The van der Waals surface area contributed by atoms with Gasteiger partial charge in [-0.25, -0.2) is 9.97 Å². The molecule has 0 saturated heterocycles. The summed E-state index contributed by atoms with van der Waals surface area (Å²) in [4.78, 5) is 6.68. The maximum Gasteiger partial charge on any atom is 0.246 e. The lowest BCUT2D eigenvalue weighted by Crippen LogP contribution is -1.84. The summed E-state index contributed by atoms with van der Waals surface area (Å²) >= 11 is 2.83. The summed E-state index contributed by atoms with van der Waals surface area (Å²) in [6.07, 6.45) is 3.52. The van der Waals surface area contributed by atoms with Crippen LogP contribution >= 0.6 is 15.9 Å². The lowest BCUT2D eigenvalue weighted by molar-refractivity contribution is 0.567. The van der Waals surface area contributed by atoms with Crippen LogP contribution in [0.5, 0.6) is 0 Å². The van der Waals surface area contributed by atoms with E-state index in [1.54, 1.807) is 0 Å². The molecule has 0 saturated carbocycles. The molecular weight excluding hydrogens is 175 g/mol. The molecule has 41 valence electrons. The smallest absolute Gasteiger partial charge is 0.242 e. The molecule has 0 aliphatic heterocycles. The van der Waals surface area contributed by atoms with E-state index in [1.165, 1.54) is 6.20 Å². The maximum atomic E-state index is 12.1. The van der Waals surface area contributed by atoms with E-state index in [0.29, 0.717) is 0 Å². The zero-order valence-corrected chi connectivity index (χ0v) is 5.31. The van der Waals surface area contributed by atoms with E-state index >= 15 is 0 Å². The Balaban J connectivity index is 3.13. The van der Waals surface area contributed by atoms with Crippen LogP contribution < -0.4 is 0 Å². The fourth-order valence-corrected chi connectivity index (χ4v) is 0.462. The molecule has 0 bridgehead atoms. The molecule has 0 aromatic carbocycles. The second-order valence-electron chi connectivity index (χ2n) is 1.08. The van der Waals surface area contributed by atoms with Gasteiger partial charge in [0.2, 0.25) is 5.95 Å². The summed E-state index contributed by atoms with van der Waals surface area (Å²) in [5.41, 5.74) is 0. The monoisotopic (exact) mass is 175 g/mol. The normalized spacial score (nSPS) is 9.25. The summed E-state index contributed by atoms with van der Waals surface area (Å²) in [5.74, 6) is -0.632. The SMILES string of the molecule is Fc1n[c]cnc1Br. The van der Waals surface area contributed by atoms with E-state index in [9.17, 15) is 4.39 Å². The van der Waals surface area contributed by atoms with Crippen LogP contribution in [0.4, 0.5) is 4.39 Å². The maximum absolute atomic E-state index is 12.1. The highest BCUT2D eigenvalue weighted by Crippen LogP contribution is 2.05. The second kappa shape index (κ2) is 2.17. The molecule has 0 atom stereocenters. The average Bonchev–Trinajstić information content (AvgIpc) is 1.77. The Morgan fingerprint density at radius 2 is 2.50 bits per heavy atom. The Kier molecular flexibility index (Phi) is 1.53. The van der Waals surface area contributed by atoms with Gasteiger partial charge in [0.05, 0.1) is 6.20 Å². The molecule has 0 N–H and O–H groups in total. The van der Waals surface area contributed by atoms with Crippen LogP contribution in [0.15, 0.2) is 10.8 Å². The quantitative estimate of drug-likeness (QED) is 0.592. The molecule has 0 spiro atoms. The zero-order valence-electron chi connectivity index (χ0n) is 3.73. The molecule has 1 radical (unpaired) electrons. The number of hydrogen-bond donors (Lipinski definition) is 0. The van der Waals surface area contributed by atoms with Crippen LogP contribution in [-0.2, 0) is 0 Å². The zero-order chi connectivity index (χ0) is 5.98. The van der Waals surface area contributed by atoms with Crippen molar-refractivity contribution < 1.29 is 4.39 Å². The van der Waals surface area contributed by atoms with Crippen molar-refractivity contribution in [2.24, 2.45) is 0 Å². The summed E-state index contributed by atoms with van der Waals surface area (Å²) in [6.45, 7) is 0. The fourth-order valence-electron chi connectivity index (χ4n) is 0.270. The lowest BCUT2D eigenvalue weighted by atomic mass is 10.7. The van der Waals surface area contributed by atoms with Gasteiger partial charge in [0.25, 0.3) is 0 Å². The molecule has 8 heavy (non-hydrogen) atoms. The predicted molar refractivity (Wildman–Crippen MR) is 28.5 cm³/mol. The Morgan fingerprint density at radius 3 is 2.88 bits per heavy atom. The van der Waals surface area contributed by atoms with E-state index in [1.807, 2.05) is 0 Å². The van der Waals surface area contributed by atoms with Gasteiger partial charge in [-0.15, -0.1) is 0 Å². The molecule has 0 fully saturated rings. The number of hydrogen-bond acceptors (Lipinski definition) is 2. The van der Waals surface area contributed by atoms with Gasteiger partial charge in [-0.05, 0) is 15.9 Å². The molecular formula is C4HBrFN2. The molecule has 1 aromatic rings. The van der Waals surface area contributed by atoms with Crippen molar-refractivity contribution in [3.8, 4) is 0 Å². The van der Waals surface area contributed by atoms with Crippen molar-refractivity contribution in [1.29, 1.82) is 0 Å². The first kappa shape index (κ1) is 5.62. The lowest BCUT2D eigenvalue weighted by Gasteiger charge is -1.84. The van der Waals surface area contributed by atoms with E-state index in [4.69, 9.17) is 0 Å². The third-order valence-electron chi connectivity index (χ3n) is 0.569. The van der Waals surface area contributed by atoms with Gasteiger partial charge in [-0.3, -0.25) is 0 Å². The molecule has 0 unspecified atom stereocenters. The molecule has 1 aromatic heterocycles. The summed E-state index contributed by atoms with van der Waals surface area (Å²) in [6, 6.07) is 0. The molecule has 1 heterocycles. The van der Waals surface area contributed by atoms with Crippen molar-refractivity contribution in [2.75, 3.05) is 0 Å². The van der Waals surface area contributed by atoms with E-state index < -0.39 is 5.95 Å². The van der Waals surface area contributed by atoms with Crippen molar-refractivity contribution in [1.82, 2.24) is 9.97 Å². The minimum absolute atomic E-state index is 0.122. The van der Waals surface area contributed by atoms with E-state index in [0.717, 1.165) is 0 Å². The topological polar surface area (TPSA) is 25.8 Å². The van der Waals surface area contributed by atoms with Crippen molar-refractivity contribution in [3.05, 3.63) is 22.9 Å². The Labute approximate surface area is 53.9 Å². The second-order valence-corrected chi connectivity index (χ2v) is 1.83. The number of rotatable bonds is 0. The Bertz CT molecular complexity index is 170. The van der Waals surface area contributed by atoms with Crippen LogP contribution in [-0.4, -0.2) is 9.97 Å². The van der Waals surface area contributed by atoms with Gasteiger partial charge >= 0.3 is 0 Å². The van der Waals surface area contributed by atoms with Crippen LogP contribution in [0, 0.1) is 12.1 Å². The Morgan fingerprint density at radius 1 is 1.75 bits per heavy atom. The number of nitrogens with zero attached hydrogens (tertiary/aromatic N) is 2. The van der Waals surface area contributed by atoms with Gasteiger partial charge in [0.15, 0.2) is 4.60 Å². The van der Waals surface area contributed by atoms with Crippen LogP contribution in [0.2, 0.25) is 0 Å². The minimum atomic E-state index is -0.632. The highest BCUT2D eigenvalue weighted by Gasteiger charge is 1.95. The van der Waals surface area contributed by atoms with E-state index in [2.05, 4.69) is 32.1 Å². The van der Waals surface area contributed by atoms with E-state index in [-0.39, 0.29) is 4.60 Å². The van der Waals surface area contributed by atoms with Gasteiger partial charge in [-0.1, -0.05) is 0 Å². The number of halogens is 2. The predicted octanol–water partition coefficient (Wildman–Crippen LogP) is 1.18. The van der Waals surface area contributed by atoms with Crippen LogP contribution in [0.25, 0.3) is 0 Å². The van der Waals surface area contributed by atoms with Crippen LogP contribution in [0.3, 0.4) is 0 Å². The molecule has 0 aliphatic carbocycles. The first-order valence-corrected chi connectivity index (χ1v) is 2.64. The number of aromatic nitrogens is 2. The van der Waals surface area contributed by atoms with Gasteiger partial charge < -0.3 is 0 Å². The first-order chi connectivity index (χ1) is 3.80. The van der Waals surface area contributed by atoms with Crippen molar-refractivity contribution in [3.63, 3.8) is 0 Å². The van der Waals surface area contributed by atoms with Gasteiger partial charge in [0, 0.05) is 0 Å². The highest BCUT2D eigenvalue weighted by molar-refractivity contribution is 9.10. The van der Waals surface area contributed by atoms with Crippen LogP contribution in [0.1, 0.15) is 0 Å². The van der Waals surface area contributed by atoms with Gasteiger partial charge in [-0.2, -0.15) is 4.39 Å².